The summed E-state index contributed by atoms with van der Waals surface area (Å²) in [5, 5.41) is 2.47. The molecule has 0 aliphatic heterocycles. The summed E-state index contributed by atoms with van der Waals surface area (Å²) >= 11 is 0. The highest BCUT2D eigenvalue weighted by molar-refractivity contribution is 5.74. The van der Waals surface area contributed by atoms with Gasteiger partial charge in [-0.15, -0.1) is 0 Å². The first-order chi connectivity index (χ1) is 8.78. The number of urea groups is 1. The van der Waals surface area contributed by atoms with Crippen LogP contribution in [0.1, 0.15) is 12.6 Å². The summed E-state index contributed by atoms with van der Waals surface area (Å²) in [7, 11) is 1.10. The molecule has 0 radical (unpaired) electrons. The van der Waals surface area contributed by atoms with Crippen LogP contribution in [0.3, 0.4) is 0 Å². The van der Waals surface area contributed by atoms with Crippen molar-refractivity contribution in [2.75, 3.05) is 13.6 Å². The molecule has 5 nitrogen and oxygen atoms in total. The minimum absolute atomic E-state index is 0.333. The maximum atomic E-state index is 12.1. The SMILES string of the molecule is C[C@@H](Cc1cnccn1)NC(=O)N(C)CC(F)(F)F. The lowest BCUT2D eigenvalue weighted by atomic mass is 10.2. The second kappa shape index (κ2) is 6.35. The maximum absolute atomic E-state index is 12.1. The molecule has 0 aliphatic rings. The first-order valence-electron chi connectivity index (χ1n) is 5.61. The van der Waals surface area contributed by atoms with Crippen LogP contribution in [0, 0.1) is 0 Å². The summed E-state index contributed by atoms with van der Waals surface area (Å²) in [5.74, 6) is 0. The Hall–Kier alpha value is -1.86. The van der Waals surface area contributed by atoms with E-state index in [1.165, 1.54) is 12.4 Å². The van der Waals surface area contributed by atoms with Crippen molar-refractivity contribution in [3.05, 3.63) is 24.3 Å². The fourth-order valence-corrected chi connectivity index (χ4v) is 1.46. The molecule has 1 heterocycles. The highest BCUT2D eigenvalue weighted by Gasteiger charge is 2.31. The van der Waals surface area contributed by atoms with Crippen LogP contribution in [0.2, 0.25) is 0 Å². The molecule has 1 aromatic rings. The summed E-state index contributed by atoms with van der Waals surface area (Å²) in [6.07, 6.45) is 0.575. The van der Waals surface area contributed by atoms with Crippen LogP contribution < -0.4 is 5.32 Å². The lowest BCUT2D eigenvalue weighted by molar-refractivity contribution is -0.137. The zero-order valence-electron chi connectivity index (χ0n) is 10.6. The molecule has 8 heteroatoms. The number of nitrogens with zero attached hydrogens (tertiary/aromatic N) is 3. The molecule has 0 saturated carbocycles. The number of carbonyl (C=O) groups excluding carboxylic acids is 1. The van der Waals surface area contributed by atoms with Gasteiger partial charge in [0.2, 0.25) is 0 Å². The molecule has 106 valence electrons. The van der Waals surface area contributed by atoms with Gasteiger partial charge in [0, 0.05) is 38.1 Å². The molecule has 2 amide bonds. The first kappa shape index (κ1) is 15.2. The van der Waals surface area contributed by atoms with Gasteiger partial charge in [0.25, 0.3) is 0 Å². The average molecular weight is 276 g/mol. The van der Waals surface area contributed by atoms with Gasteiger partial charge >= 0.3 is 12.2 Å². The number of rotatable bonds is 4. The van der Waals surface area contributed by atoms with E-state index < -0.39 is 18.8 Å². The number of aromatic nitrogens is 2. The Morgan fingerprint density at radius 1 is 1.47 bits per heavy atom. The van der Waals surface area contributed by atoms with Gasteiger partial charge < -0.3 is 10.2 Å². The molecule has 1 N–H and O–H groups in total. The molecule has 0 bridgehead atoms. The Labute approximate surface area is 108 Å². The van der Waals surface area contributed by atoms with E-state index in [4.69, 9.17) is 0 Å². The van der Waals surface area contributed by atoms with Crippen LogP contribution >= 0.6 is 0 Å². The maximum Gasteiger partial charge on any atom is 0.406 e. The molecule has 1 aromatic heterocycles. The van der Waals surface area contributed by atoms with E-state index in [9.17, 15) is 18.0 Å². The lowest BCUT2D eigenvalue weighted by Crippen LogP contribution is -2.46. The van der Waals surface area contributed by atoms with Crippen molar-refractivity contribution in [3.63, 3.8) is 0 Å². The molecule has 0 aromatic carbocycles. The molecule has 1 atom stereocenters. The summed E-state index contributed by atoms with van der Waals surface area (Å²) in [6, 6.07) is -1.10. The summed E-state index contributed by atoms with van der Waals surface area (Å²) < 4.78 is 36.3. The molecule has 0 saturated heterocycles. The number of hydrogen-bond acceptors (Lipinski definition) is 3. The van der Waals surface area contributed by atoms with Gasteiger partial charge in [-0.05, 0) is 6.92 Å². The third-order valence-electron chi connectivity index (χ3n) is 2.27. The van der Waals surface area contributed by atoms with Gasteiger partial charge in [0.15, 0.2) is 0 Å². The van der Waals surface area contributed by atoms with Crippen LogP contribution in [-0.2, 0) is 6.42 Å². The van der Waals surface area contributed by atoms with E-state index in [1.54, 1.807) is 13.1 Å². The van der Waals surface area contributed by atoms with Crippen molar-refractivity contribution in [1.82, 2.24) is 20.2 Å². The van der Waals surface area contributed by atoms with Crippen molar-refractivity contribution in [3.8, 4) is 0 Å². The quantitative estimate of drug-likeness (QED) is 0.909. The van der Waals surface area contributed by atoms with Crippen molar-refractivity contribution >= 4 is 6.03 Å². The molecule has 0 aliphatic carbocycles. The second-order valence-corrected chi connectivity index (χ2v) is 4.22. The third kappa shape index (κ3) is 6.03. The summed E-state index contributed by atoms with van der Waals surface area (Å²) in [4.78, 5) is 20.0. The molecule has 1 rings (SSSR count). The highest BCUT2D eigenvalue weighted by Crippen LogP contribution is 2.15. The molecule has 0 fully saturated rings. The van der Waals surface area contributed by atoms with Gasteiger partial charge in [-0.3, -0.25) is 9.97 Å². The fraction of sp³-hybridized carbons (Fsp3) is 0.545. The monoisotopic (exact) mass is 276 g/mol. The lowest BCUT2D eigenvalue weighted by Gasteiger charge is -2.22. The van der Waals surface area contributed by atoms with Crippen LogP contribution in [0.15, 0.2) is 18.6 Å². The van der Waals surface area contributed by atoms with Crippen molar-refractivity contribution in [2.45, 2.75) is 25.6 Å². The molecule has 19 heavy (non-hydrogen) atoms. The van der Waals surface area contributed by atoms with Gasteiger partial charge in [-0.2, -0.15) is 13.2 Å². The second-order valence-electron chi connectivity index (χ2n) is 4.22. The number of hydrogen-bond donors (Lipinski definition) is 1. The van der Waals surface area contributed by atoms with Crippen LogP contribution in [0.5, 0.6) is 0 Å². The Morgan fingerprint density at radius 3 is 2.68 bits per heavy atom. The van der Waals surface area contributed by atoms with E-state index in [1.807, 2.05) is 0 Å². The number of halogens is 3. The predicted octanol–water partition coefficient (Wildman–Crippen LogP) is 1.61. The van der Waals surface area contributed by atoms with Gasteiger partial charge in [0.05, 0.1) is 5.69 Å². The Morgan fingerprint density at radius 2 is 2.16 bits per heavy atom. The topological polar surface area (TPSA) is 58.1 Å². The van der Waals surface area contributed by atoms with E-state index in [-0.39, 0.29) is 6.04 Å². The fourth-order valence-electron chi connectivity index (χ4n) is 1.46. The van der Waals surface area contributed by atoms with E-state index in [0.717, 1.165) is 7.05 Å². The third-order valence-corrected chi connectivity index (χ3v) is 2.27. The molecule has 0 spiro atoms. The molecular formula is C11H15F3N4O. The van der Waals surface area contributed by atoms with Crippen LogP contribution in [0.4, 0.5) is 18.0 Å². The number of nitrogens with one attached hydrogen (secondary N) is 1. The highest BCUT2D eigenvalue weighted by atomic mass is 19.4. The normalized spacial score (nSPS) is 12.9. The molecular weight excluding hydrogens is 261 g/mol. The largest absolute Gasteiger partial charge is 0.406 e. The smallest absolute Gasteiger partial charge is 0.335 e. The number of alkyl halides is 3. The van der Waals surface area contributed by atoms with E-state index in [0.29, 0.717) is 17.0 Å². The van der Waals surface area contributed by atoms with Gasteiger partial charge in [0.1, 0.15) is 6.54 Å². The van der Waals surface area contributed by atoms with E-state index >= 15 is 0 Å². The standard InChI is InChI=1S/C11H15F3N4O/c1-8(5-9-6-15-3-4-16-9)17-10(19)18(2)7-11(12,13)14/h3-4,6,8H,5,7H2,1-2H3,(H,17,19)/t8-/m0/s1. The minimum Gasteiger partial charge on any atom is -0.335 e. The van der Waals surface area contributed by atoms with Crippen molar-refractivity contribution < 1.29 is 18.0 Å². The zero-order valence-corrected chi connectivity index (χ0v) is 10.6. The number of amides is 2. The Balaban J connectivity index is 2.44. The predicted molar refractivity (Wildman–Crippen MR) is 62.4 cm³/mol. The van der Waals surface area contributed by atoms with Gasteiger partial charge in [-0.25, -0.2) is 4.79 Å². The van der Waals surface area contributed by atoms with E-state index in [2.05, 4.69) is 15.3 Å². The minimum atomic E-state index is -4.40. The van der Waals surface area contributed by atoms with Gasteiger partial charge in [-0.1, -0.05) is 0 Å². The zero-order chi connectivity index (χ0) is 14.5. The summed E-state index contributed by atoms with van der Waals surface area (Å²) in [5.41, 5.74) is 0.661. The van der Waals surface area contributed by atoms with Crippen LogP contribution in [-0.4, -0.2) is 46.7 Å². The Kier molecular flexibility index (Phi) is 5.08. The number of carbonyl (C=O) groups is 1. The molecule has 0 unspecified atom stereocenters. The average Bonchev–Trinajstić information content (AvgIpc) is 2.27. The van der Waals surface area contributed by atoms with Crippen molar-refractivity contribution in [2.24, 2.45) is 0 Å². The van der Waals surface area contributed by atoms with Crippen molar-refractivity contribution in [1.29, 1.82) is 0 Å². The Bertz CT molecular complexity index is 410. The van der Waals surface area contributed by atoms with Crippen LogP contribution in [0.25, 0.3) is 0 Å². The first-order valence-corrected chi connectivity index (χ1v) is 5.61. The summed E-state index contributed by atoms with van der Waals surface area (Å²) in [6.45, 7) is 0.407.